The number of carbonyl (C=O) groups is 3. The molecule has 0 aromatic carbocycles. The molecule has 206 valence electrons. The second-order valence-electron chi connectivity index (χ2n) is 8.46. The maximum Gasteiger partial charge on any atom is 0.326 e. The van der Waals surface area contributed by atoms with Gasteiger partial charge in [0.15, 0.2) is 0 Å². The molecule has 1 heterocycles. The Kier molecular flexibility index (Phi) is 18.8. The van der Waals surface area contributed by atoms with Crippen molar-refractivity contribution in [3.63, 3.8) is 0 Å². The molecule has 0 radical (unpaired) electrons. The molecule has 0 aliphatic heterocycles. The van der Waals surface area contributed by atoms with Gasteiger partial charge in [-0.2, -0.15) is 0 Å². The number of hydrogen-bond acceptors (Lipinski definition) is 4. The Morgan fingerprint density at radius 1 is 0.842 bits per heavy atom. The molecule has 1 aromatic rings. The Bertz CT molecular complexity index is 972. The van der Waals surface area contributed by atoms with Gasteiger partial charge in [-0.15, -0.1) is 0 Å². The minimum Gasteiger partial charge on any atom is -0.480 e. The largest absolute Gasteiger partial charge is 0.480 e. The number of allylic oxidation sites excluding steroid dienone is 11. The van der Waals surface area contributed by atoms with Crippen LogP contribution in [0.25, 0.3) is 0 Å². The van der Waals surface area contributed by atoms with Crippen LogP contribution in [0, 0.1) is 0 Å². The maximum absolute atomic E-state index is 12.0. The molecule has 4 N–H and O–H groups in total. The van der Waals surface area contributed by atoms with E-state index >= 15 is 0 Å². The zero-order valence-corrected chi connectivity index (χ0v) is 22.4. The Hall–Kier alpha value is -3.94. The lowest BCUT2D eigenvalue weighted by Crippen LogP contribution is -2.43. The second-order valence-corrected chi connectivity index (χ2v) is 8.46. The van der Waals surface area contributed by atoms with Crippen molar-refractivity contribution in [1.82, 2.24) is 20.6 Å². The molecular weight excluding hydrogens is 480 g/mol. The highest BCUT2D eigenvalue weighted by atomic mass is 16.4. The summed E-state index contributed by atoms with van der Waals surface area (Å²) in [4.78, 5) is 41.9. The molecule has 0 aliphatic carbocycles. The van der Waals surface area contributed by atoms with E-state index in [1.165, 1.54) is 12.5 Å². The third-order valence-electron chi connectivity index (χ3n) is 5.19. The number of aromatic amines is 1. The first-order chi connectivity index (χ1) is 18.5. The minimum atomic E-state index is -1.13. The number of nitrogens with one attached hydrogen (secondary N) is 3. The van der Waals surface area contributed by atoms with E-state index in [4.69, 9.17) is 0 Å². The van der Waals surface area contributed by atoms with Gasteiger partial charge in [0, 0.05) is 37.7 Å². The number of aliphatic carboxylic acids is 1. The quantitative estimate of drug-likeness (QED) is 0.177. The molecular formula is C30H42N4O4. The van der Waals surface area contributed by atoms with Crippen LogP contribution >= 0.6 is 0 Å². The first kappa shape index (κ1) is 32.1. The zero-order chi connectivity index (χ0) is 27.7. The molecule has 1 aromatic heterocycles. The van der Waals surface area contributed by atoms with Crippen molar-refractivity contribution in [2.45, 2.75) is 70.8 Å². The van der Waals surface area contributed by atoms with Crippen molar-refractivity contribution in [2.75, 3.05) is 6.54 Å². The van der Waals surface area contributed by atoms with E-state index < -0.39 is 17.9 Å². The lowest BCUT2D eigenvalue weighted by Gasteiger charge is -2.13. The summed E-state index contributed by atoms with van der Waals surface area (Å²) in [6.45, 7) is 2.28. The van der Waals surface area contributed by atoms with Gasteiger partial charge in [-0.1, -0.05) is 79.8 Å². The predicted octanol–water partition coefficient (Wildman–Crippen LogP) is 5.12. The molecule has 0 unspecified atom stereocenters. The molecule has 8 heteroatoms. The van der Waals surface area contributed by atoms with Crippen LogP contribution in [0.4, 0.5) is 0 Å². The van der Waals surface area contributed by atoms with Crippen LogP contribution in [0.3, 0.4) is 0 Å². The number of H-pyrrole nitrogens is 1. The molecule has 8 nitrogen and oxygen atoms in total. The summed E-state index contributed by atoms with van der Waals surface area (Å²) in [5, 5.41) is 14.4. The summed E-state index contributed by atoms with van der Waals surface area (Å²) in [5.74, 6) is -1.76. The van der Waals surface area contributed by atoms with Crippen LogP contribution in [0.15, 0.2) is 85.4 Å². The van der Waals surface area contributed by atoms with Crippen LogP contribution in [0.5, 0.6) is 0 Å². The van der Waals surface area contributed by atoms with Crippen molar-refractivity contribution in [3.05, 3.63) is 91.1 Å². The van der Waals surface area contributed by atoms with Gasteiger partial charge in [0.05, 0.1) is 6.33 Å². The van der Waals surface area contributed by atoms with E-state index in [1.807, 2.05) is 6.08 Å². The molecule has 0 spiro atoms. The van der Waals surface area contributed by atoms with E-state index in [1.54, 1.807) is 6.08 Å². The number of imidazole rings is 1. The number of carboxylic acids is 1. The number of carboxylic acid groups (broad SMARTS) is 1. The zero-order valence-electron chi connectivity index (χ0n) is 22.4. The first-order valence-electron chi connectivity index (χ1n) is 13.2. The van der Waals surface area contributed by atoms with Gasteiger partial charge >= 0.3 is 5.97 Å². The summed E-state index contributed by atoms with van der Waals surface area (Å²) in [6.07, 6.45) is 34.1. The smallest absolute Gasteiger partial charge is 0.326 e. The van der Waals surface area contributed by atoms with Crippen molar-refractivity contribution < 1.29 is 19.5 Å². The number of aromatic nitrogens is 2. The van der Waals surface area contributed by atoms with Crippen molar-refractivity contribution in [3.8, 4) is 0 Å². The van der Waals surface area contributed by atoms with Gasteiger partial charge in [-0.05, 0) is 38.5 Å². The summed E-state index contributed by atoms with van der Waals surface area (Å²) in [7, 11) is 0. The van der Waals surface area contributed by atoms with Gasteiger partial charge in [-0.25, -0.2) is 9.78 Å². The topological polar surface area (TPSA) is 124 Å². The molecule has 1 rings (SSSR count). The lowest BCUT2D eigenvalue weighted by atomic mass is 10.1. The highest BCUT2D eigenvalue weighted by molar-refractivity contribution is 5.84. The van der Waals surface area contributed by atoms with Gasteiger partial charge in [0.1, 0.15) is 6.04 Å². The molecule has 0 fully saturated rings. The van der Waals surface area contributed by atoms with Crippen LogP contribution in [-0.2, 0) is 20.8 Å². The highest BCUT2D eigenvalue weighted by Crippen LogP contribution is 2.00. The molecule has 1 atom stereocenters. The van der Waals surface area contributed by atoms with E-state index in [0.29, 0.717) is 5.69 Å². The molecule has 0 aliphatic rings. The number of nitrogens with zero attached hydrogens (tertiary/aromatic N) is 1. The van der Waals surface area contributed by atoms with Gasteiger partial charge in [0.25, 0.3) is 0 Å². The standard InChI is InChI=1S/C30H42N4O4/c1-2-3-4-5-6-7-8-9-10-11-12-13-14-15-16-17-18-19-20-28(35)32-22-21-29(36)34-27(30(37)38)23-26-24-31-25-33-26/h3-4,6-7,9-10,12-13,15-16,18-19,24-25,27H,2,5,8,11,14,17,20-23H2,1H3,(H,31,33)(H,32,35)(H,34,36)(H,37,38)/b4-3-,7-6-,10-9-,13-12-,16-15-,19-18-/t27-/m0/s1. The lowest BCUT2D eigenvalue weighted by molar-refractivity contribution is -0.141. The Labute approximate surface area is 226 Å². The maximum atomic E-state index is 12.0. The molecule has 38 heavy (non-hydrogen) atoms. The third kappa shape index (κ3) is 18.3. The number of amides is 2. The summed E-state index contributed by atoms with van der Waals surface area (Å²) in [5.41, 5.74) is 0.613. The highest BCUT2D eigenvalue weighted by Gasteiger charge is 2.20. The van der Waals surface area contributed by atoms with E-state index in [0.717, 1.165) is 38.5 Å². The molecule has 0 bridgehead atoms. The van der Waals surface area contributed by atoms with E-state index in [2.05, 4.69) is 88.3 Å². The van der Waals surface area contributed by atoms with Crippen LogP contribution in [-0.4, -0.2) is 45.4 Å². The number of rotatable bonds is 20. The summed E-state index contributed by atoms with van der Waals surface area (Å²) >= 11 is 0. The average Bonchev–Trinajstić information content (AvgIpc) is 3.41. The third-order valence-corrected chi connectivity index (χ3v) is 5.19. The van der Waals surface area contributed by atoms with E-state index in [9.17, 15) is 19.5 Å². The molecule has 0 saturated carbocycles. The van der Waals surface area contributed by atoms with Crippen molar-refractivity contribution in [2.24, 2.45) is 0 Å². The van der Waals surface area contributed by atoms with Crippen molar-refractivity contribution >= 4 is 17.8 Å². The van der Waals surface area contributed by atoms with E-state index in [-0.39, 0.29) is 31.7 Å². The molecule has 0 saturated heterocycles. The average molecular weight is 523 g/mol. The Balaban J connectivity index is 2.07. The fraction of sp³-hybridized carbons (Fsp3) is 0.400. The fourth-order valence-corrected chi connectivity index (χ4v) is 3.18. The first-order valence-corrected chi connectivity index (χ1v) is 13.2. The van der Waals surface area contributed by atoms with Crippen LogP contribution in [0.1, 0.15) is 64.0 Å². The van der Waals surface area contributed by atoms with Gasteiger partial charge < -0.3 is 20.7 Å². The second kappa shape index (κ2) is 22.3. The van der Waals surface area contributed by atoms with Gasteiger partial charge in [-0.3, -0.25) is 9.59 Å². The predicted molar refractivity (Wildman–Crippen MR) is 152 cm³/mol. The normalized spacial score (nSPS) is 13.1. The van der Waals surface area contributed by atoms with Crippen LogP contribution in [0.2, 0.25) is 0 Å². The SMILES string of the molecule is CC/C=C\C/C=C\C/C=C\C/C=C\C/C=C\C/C=C\CC(=O)NCCC(=O)N[C@@H](Cc1cnc[nH]1)C(=O)O. The number of carbonyl (C=O) groups excluding carboxylic acids is 2. The Morgan fingerprint density at radius 2 is 1.37 bits per heavy atom. The minimum absolute atomic E-state index is 0.00223. The molecule has 2 amide bonds. The van der Waals surface area contributed by atoms with Gasteiger partial charge in [0.2, 0.25) is 11.8 Å². The number of hydrogen-bond donors (Lipinski definition) is 4. The summed E-state index contributed by atoms with van der Waals surface area (Å²) < 4.78 is 0. The van der Waals surface area contributed by atoms with Crippen molar-refractivity contribution in [1.29, 1.82) is 0 Å². The van der Waals surface area contributed by atoms with Crippen LogP contribution < -0.4 is 10.6 Å². The monoisotopic (exact) mass is 522 g/mol. The Morgan fingerprint density at radius 3 is 1.84 bits per heavy atom. The fourth-order valence-electron chi connectivity index (χ4n) is 3.18. The summed E-state index contributed by atoms with van der Waals surface area (Å²) in [6, 6.07) is -1.06.